The molecule has 0 amide bonds. The molecular weight excluding hydrogens is 292 g/mol. The van der Waals surface area contributed by atoms with E-state index in [-0.39, 0.29) is 5.82 Å². The van der Waals surface area contributed by atoms with E-state index in [0.717, 1.165) is 0 Å². The maximum atomic E-state index is 10.3. The second kappa shape index (κ2) is 5.07. The van der Waals surface area contributed by atoms with E-state index < -0.39 is 30.6 Å². The van der Waals surface area contributed by atoms with Crippen LogP contribution in [0.3, 0.4) is 0 Å². The van der Waals surface area contributed by atoms with Crippen molar-refractivity contribution in [1.82, 2.24) is 19.5 Å². The fourth-order valence-electron chi connectivity index (χ4n) is 2.64. The molecule has 0 aromatic carbocycles. The molecule has 0 spiro atoms. The first-order chi connectivity index (χ1) is 10.5. The molecule has 11 heteroatoms. The molecule has 0 unspecified atom stereocenters. The van der Waals surface area contributed by atoms with E-state index in [1.807, 2.05) is 0 Å². The summed E-state index contributed by atoms with van der Waals surface area (Å²) in [7, 11) is 0. The van der Waals surface area contributed by atoms with E-state index in [1.165, 1.54) is 12.7 Å². The number of nitrogens with zero attached hydrogens (tertiary/aromatic N) is 7. The summed E-state index contributed by atoms with van der Waals surface area (Å²) in [5, 5.41) is 23.2. The number of hydrogen-bond donors (Lipinski definition) is 3. The van der Waals surface area contributed by atoms with Crippen molar-refractivity contribution in [3.05, 3.63) is 23.1 Å². The molecule has 2 aromatic heterocycles. The van der Waals surface area contributed by atoms with Gasteiger partial charge in [-0.15, -0.1) is 0 Å². The number of nitrogen functional groups attached to an aromatic ring is 1. The number of imidazole rings is 1. The van der Waals surface area contributed by atoms with Crippen LogP contribution in [0.25, 0.3) is 21.6 Å². The van der Waals surface area contributed by atoms with E-state index in [1.54, 1.807) is 11.5 Å². The summed E-state index contributed by atoms with van der Waals surface area (Å²) in [6.45, 7) is 1.05. The zero-order valence-corrected chi connectivity index (χ0v) is 11.6. The molecular formula is C11H14N8O3. The molecule has 1 aliphatic heterocycles. The van der Waals surface area contributed by atoms with Crippen molar-refractivity contribution in [3.8, 4) is 0 Å². The second-order valence-electron chi connectivity index (χ2n) is 5.09. The van der Waals surface area contributed by atoms with Crippen LogP contribution in [0.2, 0.25) is 0 Å². The van der Waals surface area contributed by atoms with Crippen LogP contribution in [-0.4, -0.2) is 48.2 Å². The van der Waals surface area contributed by atoms with Crippen LogP contribution >= 0.6 is 0 Å². The number of nitrogens with two attached hydrogens (primary N) is 1. The molecule has 1 aliphatic rings. The lowest BCUT2D eigenvalue weighted by Gasteiger charge is -2.24. The number of fused-ring (bicyclic) bond motifs is 1. The van der Waals surface area contributed by atoms with Gasteiger partial charge in [-0.3, -0.25) is 4.57 Å². The van der Waals surface area contributed by atoms with Crippen molar-refractivity contribution in [1.29, 1.82) is 0 Å². The number of hydrogen-bond acceptors (Lipinski definition) is 8. The Morgan fingerprint density at radius 2 is 2.32 bits per heavy atom. The van der Waals surface area contributed by atoms with Crippen molar-refractivity contribution < 1.29 is 14.9 Å². The highest BCUT2D eigenvalue weighted by Gasteiger charge is 2.53. The van der Waals surface area contributed by atoms with E-state index in [9.17, 15) is 10.2 Å². The topological polar surface area (TPSA) is 168 Å². The fourth-order valence-corrected chi connectivity index (χ4v) is 2.64. The Kier molecular flexibility index (Phi) is 3.34. The molecule has 0 saturated carbocycles. The largest absolute Gasteiger partial charge is 0.393 e. The van der Waals surface area contributed by atoms with Crippen molar-refractivity contribution >= 4 is 17.0 Å². The van der Waals surface area contributed by atoms with Gasteiger partial charge in [0, 0.05) is 10.8 Å². The standard InChI is InChI=1S/C11H14N8O3/c1-5-7(21)11(2-20,17-18-13)22-10(5)19-4-16-6-8(12)14-3-15-9(6)19/h3-5,7,10,20-21H,2H2,1H3,(H2,12,14,15)/t5-,7-,10+,11+/m0/s1. The number of aromatic nitrogens is 4. The number of aliphatic hydroxyl groups is 2. The van der Waals surface area contributed by atoms with Gasteiger partial charge in [-0.1, -0.05) is 12.0 Å². The van der Waals surface area contributed by atoms with Crippen LogP contribution in [-0.2, 0) is 4.74 Å². The van der Waals surface area contributed by atoms with Crippen LogP contribution in [0, 0.1) is 5.92 Å². The first-order valence-electron chi connectivity index (χ1n) is 6.50. The number of rotatable bonds is 3. The molecule has 11 nitrogen and oxygen atoms in total. The molecule has 0 bridgehead atoms. The molecule has 1 fully saturated rings. The van der Waals surface area contributed by atoms with Gasteiger partial charge in [0.2, 0.25) is 0 Å². The van der Waals surface area contributed by atoms with Gasteiger partial charge in [-0.05, 0) is 5.53 Å². The lowest BCUT2D eigenvalue weighted by molar-refractivity contribution is -0.122. The van der Waals surface area contributed by atoms with E-state index in [2.05, 4.69) is 25.0 Å². The SMILES string of the molecule is C[C@@H]1[C@H](n2cnc3c(N)ncnc32)O[C@@](CO)(N=[N+]=[N-])[C@H]1O. The van der Waals surface area contributed by atoms with Gasteiger partial charge in [0.05, 0.1) is 19.0 Å². The lowest BCUT2D eigenvalue weighted by atomic mass is 9.98. The van der Waals surface area contributed by atoms with Crippen molar-refractivity contribution in [2.24, 2.45) is 11.0 Å². The Balaban J connectivity index is 2.08. The van der Waals surface area contributed by atoms with Crippen LogP contribution in [0.1, 0.15) is 13.2 Å². The van der Waals surface area contributed by atoms with Gasteiger partial charge in [-0.25, -0.2) is 15.0 Å². The van der Waals surface area contributed by atoms with Crippen molar-refractivity contribution in [3.63, 3.8) is 0 Å². The van der Waals surface area contributed by atoms with Gasteiger partial charge < -0.3 is 20.7 Å². The van der Waals surface area contributed by atoms with Gasteiger partial charge in [0.15, 0.2) is 17.2 Å². The van der Waals surface area contributed by atoms with Gasteiger partial charge >= 0.3 is 0 Å². The second-order valence-corrected chi connectivity index (χ2v) is 5.09. The van der Waals surface area contributed by atoms with Gasteiger partial charge in [-0.2, -0.15) is 0 Å². The van der Waals surface area contributed by atoms with E-state index in [4.69, 9.17) is 16.0 Å². The quantitative estimate of drug-likeness (QED) is 0.405. The minimum atomic E-state index is -1.74. The summed E-state index contributed by atoms with van der Waals surface area (Å²) in [6, 6.07) is 0. The number of anilines is 1. The molecule has 1 saturated heterocycles. The van der Waals surface area contributed by atoms with E-state index >= 15 is 0 Å². The first-order valence-corrected chi connectivity index (χ1v) is 6.50. The fraction of sp³-hybridized carbons (Fsp3) is 0.545. The summed E-state index contributed by atoms with van der Waals surface area (Å²) >= 11 is 0. The van der Waals surface area contributed by atoms with Crippen LogP contribution in [0.15, 0.2) is 17.8 Å². The highest BCUT2D eigenvalue weighted by molar-refractivity contribution is 5.81. The normalized spacial score (nSPS) is 31.3. The minimum absolute atomic E-state index is 0.221. The predicted molar refractivity (Wildman–Crippen MR) is 74.0 cm³/mol. The highest BCUT2D eigenvalue weighted by atomic mass is 16.6. The van der Waals surface area contributed by atoms with E-state index in [0.29, 0.717) is 11.2 Å². The third kappa shape index (κ3) is 1.88. The average Bonchev–Trinajstić information content (AvgIpc) is 3.04. The van der Waals surface area contributed by atoms with Crippen LogP contribution in [0.4, 0.5) is 5.82 Å². The lowest BCUT2D eigenvalue weighted by Crippen LogP contribution is -2.42. The monoisotopic (exact) mass is 306 g/mol. The predicted octanol–water partition coefficient (Wildman–Crippen LogP) is -0.0668. The molecule has 0 aliphatic carbocycles. The third-order valence-electron chi connectivity index (χ3n) is 3.84. The first kappa shape index (κ1) is 14.5. The summed E-state index contributed by atoms with van der Waals surface area (Å²) in [5.41, 5.74) is 13.5. The van der Waals surface area contributed by atoms with Crippen molar-refractivity contribution in [2.45, 2.75) is 25.0 Å². The van der Waals surface area contributed by atoms with Crippen molar-refractivity contribution in [2.75, 3.05) is 12.3 Å². The Hall–Kier alpha value is -2.46. The molecule has 3 rings (SSSR count). The summed E-state index contributed by atoms with van der Waals surface area (Å²) in [6.07, 6.45) is 0.827. The van der Waals surface area contributed by atoms with Gasteiger partial charge in [0.25, 0.3) is 0 Å². The maximum absolute atomic E-state index is 10.3. The zero-order valence-electron chi connectivity index (χ0n) is 11.6. The molecule has 4 N–H and O–H groups in total. The Morgan fingerprint density at radius 1 is 1.55 bits per heavy atom. The maximum Gasteiger partial charge on any atom is 0.198 e. The minimum Gasteiger partial charge on any atom is -0.393 e. The molecule has 116 valence electrons. The Bertz CT molecular complexity index is 757. The van der Waals surface area contributed by atoms with Crippen LogP contribution in [0.5, 0.6) is 0 Å². The van der Waals surface area contributed by atoms with Crippen LogP contribution < -0.4 is 5.73 Å². The molecule has 0 radical (unpaired) electrons. The average molecular weight is 306 g/mol. The summed E-state index contributed by atoms with van der Waals surface area (Å²) < 4.78 is 7.22. The number of aliphatic hydroxyl groups excluding tert-OH is 2. The third-order valence-corrected chi connectivity index (χ3v) is 3.84. The molecule has 3 heterocycles. The molecule has 22 heavy (non-hydrogen) atoms. The zero-order chi connectivity index (χ0) is 15.9. The molecule has 4 atom stereocenters. The van der Waals surface area contributed by atoms with Gasteiger partial charge in [0.1, 0.15) is 18.1 Å². The number of ether oxygens (including phenoxy) is 1. The molecule has 2 aromatic rings. The summed E-state index contributed by atoms with van der Waals surface area (Å²) in [4.78, 5) is 14.7. The summed E-state index contributed by atoms with van der Waals surface area (Å²) in [5.74, 6) is -0.260. The highest BCUT2D eigenvalue weighted by Crippen LogP contribution is 2.43. The number of azide groups is 1. The Morgan fingerprint density at radius 3 is 3.00 bits per heavy atom. The smallest absolute Gasteiger partial charge is 0.198 e. The Labute approximate surface area is 124 Å².